The van der Waals surface area contributed by atoms with E-state index < -0.39 is 24.7 Å². The Morgan fingerprint density at radius 1 is 1.18 bits per heavy atom. The van der Waals surface area contributed by atoms with Crippen molar-refractivity contribution in [1.82, 2.24) is 5.32 Å². The Labute approximate surface area is 99.1 Å². The second-order valence-corrected chi connectivity index (χ2v) is 4.26. The second kappa shape index (κ2) is 5.53. The molecule has 0 aliphatic rings. The smallest absolute Gasteiger partial charge is 0.282 e. The zero-order chi connectivity index (χ0) is 12.9. The van der Waals surface area contributed by atoms with Gasteiger partial charge in [-0.05, 0) is 12.5 Å². The number of alkyl halides is 2. The van der Waals surface area contributed by atoms with E-state index in [4.69, 9.17) is 5.11 Å². The van der Waals surface area contributed by atoms with Gasteiger partial charge in [0.1, 0.15) is 6.61 Å². The SMILES string of the molecule is CC(O)(CNCC(F)(F)CO)c1ccccc1. The van der Waals surface area contributed by atoms with E-state index in [2.05, 4.69) is 5.32 Å². The van der Waals surface area contributed by atoms with E-state index in [0.717, 1.165) is 0 Å². The standard InChI is InChI=1S/C12H17F2NO2/c1-11(17,10-5-3-2-4-6-10)7-15-8-12(13,14)9-16/h2-6,15-17H,7-9H2,1H3. The second-order valence-electron chi connectivity index (χ2n) is 4.26. The van der Waals surface area contributed by atoms with Gasteiger partial charge in [0.05, 0.1) is 12.1 Å². The summed E-state index contributed by atoms with van der Waals surface area (Å²) in [5.41, 5.74) is -0.563. The van der Waals surface area contributed by atoms with Gasteiger partial charge >= 0.3 is 0 Å². The number of hydrogen-bond acceptors (Lipinski definition) is 3. The molecule has 0 saturated carbocycles. The molecule has 1 rings (SSSR count). The molecular weight excluding hydrogens is 228 g/mol. The molecule has 0 fully saturated rings. The van der Waals surface area contributed by atoms with Crippen LogP contribution in [0.2, 0.25) is 0 Å². The largest absolute Gasteiger partial charge is 0.390 e. The first-order valence-electron chi connectivity index (χ1n) is 5.35. The minimum absolute atomic E-state index is 0.00734. The Morgan fingerprint density at radius 2 is 1.76 bits per heavy atom. The van der Waals surface area contributed by atoms with Crippen molar-refractivity contribution in [3.63, 3.8) is 0 Å². The van der Waals surface area contributed by atoms with Gasteiger partial charge in [-0.2, -0.15) is 0 Å². The van der Waals surface area contributed by atoms with Gasteiger partial charge in [-0.25, -0.2) is 8.78 Å². The third-order valence-electron chi connectivity index (χ3n) is 2.48. The van der Waals surface area contributed by atoms with Crippen LogP contribution in [0.1, 0.15) is 12.5 Å². The van der Waals surface area contributed by atoms with E-state index in [1.165, 1.54) is 0 Å². The van der Waals surface area contributed by atoms with E-state index in [1.807, 2.05) is 6.07 Å². The molecule has 0 heterocycles. The lowest BCUT2D eigenvalue weighted by Gasteiger charge is -2.25. The molecule has 0 radical (unpaired) electrons. The lowest BCUT2D eigenvalue weighted by Crippen LogP contribution is -2.42. The molecule has 0 aliphatic heterocycles. The third kappa shape index (κ3) is 4.38. The first-order chi connectivity index (χ1) is 7.87. The highest BCUT2D eigenvalue weighted by atomic mass is 19.3. The maximum atomic E-state index is 12.7. The van der Waals surface area contributed by atoms with Gasteiger partial charge in [0, 0.05) is 6.54 Å². The number of aliphatic hydroxyl groups is 2. The Balaban J connectivity index is 2.51. The van der Waals surface area contributed by atoms with Crippen LogP contribution < -0.4 is 5.32 Å². The van der Waals surface area contributed by atoms with Crippen molar-refractivity contribution in [3.05, 3.63) is 35.9 Å². The summed E-state index contributed by atoms with van der Waals surface area (Å²) in [7, 11) is 0. The Kier molecular flexibility index (Phi) is 4.56. The minimum Gasteiger partial charge on any atom is -0.390 e. The van der Waals surface area contributed by atoms with Gasteiger partial charge < -0.3 is 15.5 Å². The van der Waals surface area contributed by atoms with Gasteiger partial charge in [0.15, 0.2) is 0 Å². The molecule has 1 aromatic carbocycles. The Morgan fingerprint density at radius 3 is 2.29 bits per heavy atom. The van der Waals surface area contributed by atoms with Crippen LogP contribution in [0.4, 0.5) is 8.78 Å². The molecule has 0 spiro atoms. The number of hydrogen-bond donors (Lipinski definition) is 3. The fourth-order valence-electron chi connectivity index (χ4n) is 1.44. The lowest BCUT2D eigenvalue weighted by atomic mass is 9.96. The van der Waals surface area contributed by atoms with E-state index in [0.29, 0.717) is 5.56 Å². The van der Waals surface area contributed by atoms with E-state index in [9.17, 15) is 13.9 Å². The Hall–Kier alpha value is -1.04. The van der Waals surface area contributed by atoms with Crippen molar-refractivity contribution in [2.45, 2.75) is 18.4 Å². The van der Waals surface area contributed by atoms with E-state index in [1.54, 1.807) is 31.2 Å². The molecule has 96 valence electrons. The zero-order valence-electron chi connectivity index (χ0n) is 9.66. The van der Waals surface area contributed by atoms with E-state index >= 15 is 0 Å². The first kappa shape index (κ1) is 14.0. The van der Waals surface area contributed by atoms with Crippen LogP contribution in [-0.4, -0.2) is 35.8 Å². The fraction of sp³-hybridized carbons (Fsp3) is 0.500. The van der Waals surface area contributed by atoms with E-state index in [-0.39, 0.29) is 6.54 Å². The summed E-state index contributed by atoms with van der Waals surface area (Å²) in [5, 5.41) is 20.9. The van der Waals surface area contributed by atoms with Crippen molar-refractivity contribution in [3.8, 4) is 0 Å². The van der Waals surface area contributed by atoms with Crippen molar-refractivity contribution in [2.24, 2.45) is 0 Å². The molecule has 3 nitrogen and oxygen atoms in total. The fourth-order valence-corrected chi connectivity index (χ4v) is 1.44. The number of aliphatic hydroxyl groups excluding tert-OH is 1. The summed E-state index contributed by atoms with van der Waals surface area (Å²) in [6.07, 6.45) is 0. The van der Waals surface area contributed by atoms with Crippen molar-refractivity contribution >= 4 is 0 Å². The van der Waals surface area contributed by atoms with Gasteiger partial charge in [-0.1, -0.05) is 30.3 Å². The summed E-state index contributed by atoms with van der Waals surface area (Å²) in [5.74, 6) is -3.16. The van der Waals surface area contributed by atoms with Gasteiger partial charge in [0.2, 0.25) is 0 Å². The maximum absolute atomic E-state index is 12.7. The Bertz CT molecular complexity index is 342. The first-order valence-corrected chi connectivity index (χ1v) is 5.35. The highest BCUT2D eigenvalue weighted by Gasteiger charge is 2.29. The topological polar surface area (TPSA) is 52.5 Å². The molecule has 1 aromatic rings. The minimum atomic E-state index is -3.16. The van der Waals surface area contributed by atoms with Crippen LogP contribution in [0.25, 0.3) is 0 Å². The lowest BCUT2D eigenvalue weighted by molar-refractivity contribution is -0.0518. The maximum Gasteiger partial charge on any atom is 0.282 e. The molecule has 0 aromatic heterocycles. The van der Waals surface area contributed by atoms with Gasteiger partial charge in [0.25, 0.3) is 5.92 Å². The van der Waals surface area contributed by atoms with Crippen LogP contribution in [0.15, 0.2) is 30.3 Å². The molecule has 0 saturated heterocycles. The van der Waals surface area contributed by atoms with Crippen molar-refractivity contribution in [2.75, 3.05) is 19.7 Å². The third-order valence-corrected chi connectivity index (χ3v) is 2.48. The van der Waals surface area contributed by atoms with Crippen LogP contribution in [-0.2, 0) is 5.60 Å². The number of benzene rings is 1. The highest BCUT2D eigenvalue weighted by molar-refractivity contribution is 5.21. The molecule has 0 aliphatic carbocycles. The molecule has 3 N–H and O–H groups in total. The summed E-state index contributed by atoms with van der Waals surface area (Å²) in [6.45, 7) is -0.320. The quantitative estimate of drug-likeness (QED) is 0.703. The molecule has 1 atom stereocenters. The molecular formula is C12H17F2NO2. The highest BCUT2D eigenvalue weighted by Crippen LogP contribution is 2.19. The van der Waals surface area contributed by atoms with Crippen LogP contribution in [0.3, 0.4) is 0 Å². The predicted octanol–water partition coefficient (Wildman–Crippen LogP) is 1.11. The predicted molar refractivity (Wildman–Crippen MR) is 60.9 cm³/mol. The molecule has 5 heteroatoms. The molecule has 0 amide bonds. The van der Waals surface area contributed by atoms with Crippen LogP contribution in [0, 0.1) is 0 Å². The average Bonchev–Trinajstić information content (AvgIpc) is 2.30. The van der Waals surface area contributed by atoms with Crippen LogP contribution >= 0.6 is 0 Å². The van der Waals surface area contributed by atoms with Gasteiger partial charge in [-0.3, -0.25) is 0 Å². The average molecular weight is 245 g/mol. The zero-order valence-corrected chi connectivity index (χ0v) is 9.66. The van der Waals surface area contributed by atoms with Crippen molar-refractivity contribution < 1.29 is 19.0 Å². The summed E-state index contributed by atoms with van der Waals surface area (Å²) in [4.78, 5) is 0. The monoisotopic (exact) mass is 245 g/mol. The summed E-state index contributed by atoms with van der Waals surface area (Å²) >= 11 is 0. The number of nitrogens with one attached hydrogen (secondary N) is 1. The summed E-state index contributed by atoms with van der Waals surface area (Å²) in [6, 6.07) is 8.81. The number of halogens is 2. The normalized spacial score (nSPS) is 15.6. The summed E-state index contributed by atoms with van der Waals surface area (Å²) < 4.78 is 25.5. The number of rotatable bonds is 6. The van der Waals surface area contributed by atoms with Crippen molar-refractivity contribution in [1.29, 1.82) is 0 Å². The molecule has 1 unspecified atom stereocenters. The van der Waals surface area contributed by atoms with Gasteiger partial charge in [-0.15, -0.1) is 0 Å². The van der Waals surface area contributed by atoms with Crippen LogP contribution in [0.5, 0.6) is 0 Å². The molecule has 0 bridgehead atoms. The molecule has 17 heavy (non-hydrogen) atoms.